The highest BCUT2D eigenvalue weighted by Crippen LogP contribution is 2.46. The number of hydrogen-bond donors (Lipinski definition) is 1. The van der Waals surface area contributed by atoms with Gasteiger partial charge in [0.2, 0.25) is 0 Å². The van der Waals surface area contributed by atoms with Crippen LogP contribution in [0.2, 0.25) is 0 Å². The molecule has 3 rings (SSSR count). The minimum Gasteiger partial charge on any atom is -0.511 e. The van der Waals surface area contributed by atoms with Crippen LogP contribution in [0, 0.1) is 5.92 Å². The first-order valence-corrected chi connectivity index (χ1v) is 7.66. The van der Waals surface area contributed by atoms with Crippen LogP contribution in [0.4, 0.5) is 0 Å². The van der Waals surface area contributed by atoms with Crippen LogP contribution in [-0.4, -0.2) is 23.4 Å². The molecule has 1 fully saturated rings. The molecule has 1 aliphatic carbocycles. The van der Waals surface area contributed by atoms with Gasteiger partial charge in [-0.05, 0) is 45.1 Å². The third-order valence-electron chi connectivity index (χ3n) is 5.03. The summed E-state index contributed by atoms with van der Waals surface area (Å²) in [6.45, 7) is 10.3. The molecule has 3 nitrogen and oxygen atoms in total. The van der Waals surface area contributed by atoms with Crippen molar-refractivity contribution in [3.05, 3.63) is 35.6 Å². The molecule has 1 heterocycles. The fraction of sp³-hybridized carbons (Fsp3) is 0.529. The number of rotatable bonds is 3. The highest BCUT2D eigenvalue weighted by Gasteiger charge is 2.51. The first kappa shape index (κ1) is 14.7. The van der Waals surface area contributed by atoms with Crippen LogP contribution >= 0.6 is 0 Å². The lowest BCUT2D eigenvalue weighted by Crippen LogP contribution is -2.41. The van der Waals surface area contributed by atoms with Crippen molar-refractivity contribution in [2.45, 2.75) is 52.2 Å². The second-order valence-electron chi connectivity index (χ2n) is 6.97. The zero-order valence-corrected chi connectivity index (χ0v) is 13.4. The van der Waals surface area contributed by atoms with E-state index in [1.807, 2.05) is 24.3 Å². The van der Waals surface area contributed by atoms with Crippen molar-refractivity contribution < 1.29 is 14.4 Å². The van der Waals surface area contributed by atoms with E-state index in [0.29, 0.717) is 5.76 Å². The maximum Gasteiger partial charge on any atom is 0.494 e. The fourth-order valence-corrected chi connectivity index (χ4v) is 2.80. The van der Waals surface area contributed by atoms with Crippen LogP contribution in [0.1, 0.15) is 46.6 Å². The lowest BCUT2D eigenvalue weighted by molar-refractivity contribution is 0.00578. The van der Waals surface area contributed by atoms with E-state index in [4.69, 9.17) is 9.31 Å². The summed E-state index contributed by atoms with van der Waals surface area (Å²) in [6, 6.07) is 8.15. The quantitative estimate of drug-likeness (QED) is 0.866. The molecule has 0 saturated carbocycles. The van der Waals surface area contributed by atoms with Gasteiger partial charge in [0.05, 0.1) is 11.2 Å². The summed E-state index contributed by atoms with van der Waals surface area (Å²) in [5.74, 6) is 0.800. The fourth-order valence-electron chi connectivity index (χ4n) is 2.80. The summed E-state index contributed by atoms with van der Waals surface area (Å²) in [4.78, 5) is 0. The molecule has 0 aromatic heterocycles. The van der Waals surface area contributed by atoms with Gasteiger partial charge in [-0.1, -0.05) is 31.2 Å². The molecular formula is C17H23BO3. The van der Waals surface area contributed by atoms with Crippen LogP contribution in [0.15, 0.2) is 30.0 Å². The molecule has 1 N–H and O–H groups in total. The molecule has 2 aliphatic rings. The predicted octanol–water partition coefficient (Wildman–Crippen LogP) is 3.29. The first-order chi connectivity index (χ1) is 9.77. The predicted molar refractivity (Wildman–Crippen MR) is 85.5 cm³/mol. The maximum absolute atomic E-state index is 9.79. The Morgan fingerprint density at radius 2 is 1.57 bits per heavy atom. The molecule has 1 saturated heterocycles. The van der Waals surface area contributed by atoms with Gasteiger partial charge >= 0.3 is 7.12 Å². The van der Waals surface area contributed by atoms with Crippen molar-refractivity contribution in [3.63, 3.8) is 0 Å². The second-order valence-corrected chi connectivity index (χ2v) is 6.97. The topological polar surface area (TPSA) is 38.7 Å². The second kappa shape index (κ2) is 4.62. The van der Waals surface area contributed by atoms with E-state index in [0.717, 1.165) is 23.0 Å². The van der Waals surface area contributed by atoms with Gasteiger partial charge in [0, 0.05) is 11.5 Å². The Balaban J connectivity index is 1.78. The van der Waals surface area contributed by atoms with Gasteiger partial charge < -0.3 is 14.4 Å². The summed E-state index contributed by atoms with van der Waals surface area (Å²) in [7, 11) is -0.326. The summed E-state index contributed by atoms with van der Waals surface area (Å²) >= 11 is 0. The van der Waals surface area contributed by atoms with E-state index < -0.39 is 0 Å². The Bertz CT molecular complexity index is 571. The Kier molecular flexibility index (Phi) is 3.23. The number of aliphatic hydroxyl groups is 1. The van der Waals surface area contributed by atoms with Crippen LogP contribution in [0.3, 0.4) is 0 Å². The Labute approximate surface area is 127 Å². The zero-order chi connectivity index (χ0) is 15.4. The van der Waals surface area contributed by atoms with E-state index in [9.17, 15) is 5.11 Å². The summed E-state index contributed by atoms with van der Waals surface area (Å²) in [5, 5.41) is 9.79. The number of aliphatic hydroxyl groups excluding tert-OH is 1. The molecule has 0 radical (unpaired) electrons. The molecule has 1 aromatic carbocycles. The molecule has 0 spiro atoms. The third-order valence-corrected chi connectivity index (χ3v) is 5.03. The SMILES string of the molecule is CCC1C(O)=C1c1ccc(B2OC(C)(C)C(C)(C)O2)cc1. The van der Waals surface area contributed by atoms with Crippen molar-refractivity contribution in [3.8, 4) is 0 Å². The Hall–Kier alpha value is -1.26. The molecule has 1 aliphatic heterocycles. The van der Waals surface area contributed by atoms with Crippen LogP contribution < -0.4 is 5.46 Å². The lowest BCUT2D eigenvalue weighted by Gasteiger charge is -2.32. The largest absolute Gasteiger partial charge is 0.511 e. The number of hydrogen-bond acceptors (Lipinski definition) is 3. The van der Waals surface area contributed by atoms with E-state index in [2.05, 4.69) is 34.6 Å². The molecular weight excluding hydrogens is 263 g/mol. The molecule has 0 amide bonds. The summed E-state index contributed by atoms with van der Waals surface area (Å²) in [5.41, 5.74) is 2.56. The zero-order valence-electron chi connectivity index (χ0n) is 13.4. The van der Waals surface area contributed by atoms with Gasteiger partial charge in [-0.15, -0.1) is 0 Å². The van der Waals surface area contributed by atoms with E-state index in [1.165, 1.54) is 0 Å². The Morgan fingerprint density at radius 3 is 2.00 bits per heavy atom. The standard InChI is InChI=1S/C17H23BO3/c1-6-13-14(15(13)19)11-7-9-12(10-8-11)18-20-16(2,3)17(4,5)21-18/h7-10,13,19H,6H2,1-5H3. The maximum atomic E-state index is 9.79. The number of benzene rings is 1. The van der Waals surface area contributed by atoms with Crippen molar-refractivity contribution in [2.24, 2.45) is 5.92 Å². The van der Waals surface area contributed by atoms with Crippen molar-refractivity contribution in [1.82, 2.24) is 0 Å². The third kappa shape index (κ3) is 2.31. The lowest BCUT2D eigenvalue weighted by atomic mass is 9.78. The van der Waals surface area contributed by atoms with Crippen molar-refractivity contribution in [2.75, 3.05) is 0 Å². The minimum absolute atomic E-state index is 0.257. The smallest absolute Gasteiger partial charge is 0.494 e. The van der Waals surface area contributed by atoms with Crippen LogP contribution in [0.25, 0.3) is 5.57 Å². The van der Waals surface area contributed by atoms with Gasteiger partial charge in [0.1, 0.15) is 5.76 Å². The van der Waals surface area contributed by atoms with Crippen molar-refractivity contribution in [1.29, 1.82) is 0 Å². The number of allylic oxidation sites excluding steroid dienone is 2. The average molecular weight is 286 g/mol. The van der Waals surface area contributed by atoms with Gasteiger partial charge in [0.15, 0.2) is 0 Å². The van der Waals surface area contributed by atoms with Gasteiger partial charge in [-0.2, -0.15) is 0 Å². The molecule has 4 heteroatoms. The molecule has 112 valence electrons. The molecule has 1 unspecified atom stereocenters. The summed E-state index contributed by atoms with van der Waals surface area (Å²) < 4.78 is 12.1. The van der Waals surface area contributed by atoms with Crippen molar-refractivity contribution >= 4 is 18.2 Å². The molecule has 0 bridgehead atoms. The van der Waals surface area contributed by atoms with Crippen LogP contribution in [0.5, 0.6) is 0 Å². The normalized spacial score (nSPS) is 26.3. The highest BCUT2D eigenvalue weighted by molar-refractivity contribution is 6.62. The monoisotopic (exact) mass is 286 g/mol. The summed E-state index contributed by atoms with van der Waals surface area (Å²) in [6.07, 6.45) is 0.958. The Morgan fingerprint density at radius 1 is 1.05 bits per heavy atom. The molecule has 1 aromatic rings. The van der Waals surface area contributed by atoms with Gasteiger partial charge in [-0.25, -0.2) is 0 Å². The average Bonchev–Trinajstić information content (AvgIpc) is 3.01. The van der Waals surface area contributed by atoms with E-state index >= 15 is 0 Å². The minimum atomic E-state index is -0.326. The first-order valence-electron chi connectivity index (χ1n) is 7.66. The van der Waals surface area contributed by atoms with Gasteiger partial charge in [-0.3, -0.25) is 0 Å². The van der Waals surface area contributed by atoms with E-state index in [-0.39, 0.29) is 24.2 Å². The molecule has 1 atom stereocenters. The molecule has 21 heavy (non-hydrogen) atoms. The van der Waals surface area contributed by atoms with E-state index in [1.54, 1.807) is 0 Å². The van der Waals surface area contributed by atoms with Crippen LogP contribution in [-0.2, 0) is 9.31 Å². The van der Waals surface area contributed by atoms with Gasteiger partial charge in [0.25, 0.3) is 0 Å². The highest BCUT2D eigenvalue weighted by atomic mass is 16.7.